The van der Waals surface area contributed by atoms with Crippen molar-refractivity contribution in [3.8, 4) is 0 Å². The molecular weight excluding hydrogens is 320 g/mol. The van der Waals surface area contributed by atoms with Crippen molar-refractivity contribution in [1.29, 1.82) is 0 Å². The van der Waals surface area contributed by atoms with Crippen LogP contribution in [0.5, 0.6) is 0 Å². The van der Waals surface area contributed by atoms with Gasteiger partial charge in [-0.2, -0.15) is 0 Å². The van der Waals surface area contributed by atoms with E-state index in [4.69, 9.17) is 0 Å². The summed E-state index contributed by atoms with van der Waals surface area (Å²) in [6.07, 6.45) is 7.48. The molecular formula is C17H26N6O2. The van der Waals surface area contributed by atoms with Gasteiger partial charge in [-0.3, -0.25) is 14.5 Å². The van der Waals surface area contributed by atoms with E-state index in [1.165, 1.54) is 19.3 Å². The summed E-state index contributed by atoms with van der Waals surface area (Å²) in [7, 11) is 1.58. The summed E-state index contributed by atoms with van der Waals surface area (Å²) in [4.78, 5) is 37.1. The number of nitrogens with zero attached hydrogens (tertiary/aromatic N) is 4. The third kappa shape index (κ3) is 4.45. The number of piperazine rings is 1. The van der Waals surface area contributed by atoms with E-state index in [1.807, 2.05) is 17.3 Å². The van der Waals surface area contributed by atoms with Gasteiger partial charge in [-0.05, 0) is 19.3 Å². The summed E-state index contributed by atoms with van der Waals surface area (Å²) in [6, 6.07) is -0.449. The molecule has 0 aliphatic carbocycles. The van der Waals surface area contributed by atoms with Crippen molar-refractivity contribution in [1.82, 2.24) is 25.5 Å². The van der Waals surface area contributed by atoms with Crippen LogP contribution in [0, 0.1) is 0 Å². The Bertz CT molecular complexity index is 600. The third-order valence-electron chi connectivity index (χ3n) is 4.82. The molecule has 3 rings (SSSR count). The number of carbonyl (C=O) groups is 2. The first-order valence-electron chi connectivity index (χ1n) is 8.95. The van der Waals surface area contributed by atoms with E-state index in [-0.39, 0.29) is 18.2 Å². The number of hydrogen-bond acceptors (Lipinski definition) is 6. The minimum absolute atomic E-state index is 0.0966. The summed E-state index contributed by atoms with van der Waals surface area (Å²) in [5, 5.41) is 5.42. The van der Waals surface area contributed by atoms with Gasteiger partial charge in [-0.15, -0.1) is 0 Å². The van der Waals surface area contributed by atoms with Crippen molar-refractivity contribution >= 4 is 17.8 Å². The van der Waals surface area contributed by atoms with Gasteiger partial charge in [0.25, 0.3) is 0 Å². The van der Waals surface area contributed by atoms with E-state index in [2.05, 4.69) is 25.5 Å². The van der Waals surface area contributed by atoms with Crippen LogP contribution < -0.4 is 15.5 Å². The number of piperidine rings is 1. The van der Waals surface area contributed by atoms with Crippen LogP contribution in [0.1, 0.15) is 31.2 Å². The average molecular weight is 346 g/mol. The summed E-state index contributed by atoms with van der Waals surface area (Å²) in [6.45, 7) is 3.89. The molecule has 1 aromatic rings. The van der Waals surface area contributed by atoms with E-state index in [9.17, 15) is 9.59 Å². The SMILES string of the molecule is CNC(=O)C[C@@H]1C(=O)NCCN1Cc1cnc(N2CCCCC2)nc1. The van der Waals surface area contributed by atoms with E-state index in [1.54, 1.807) is 7.05 Å². The van der Waals surface area contributed by atoms with Gasteiger partial charge in [0.05, 0.1) is 12.5 Å². The lowest BCUT2D eigenvalue weighted by Crippen LogP contribution is -2.56. The molecule has 2 N–H and O–H groups in total. The number of rotatable bonds is 5. The highest BCUT2D eigenvalue weighted by Crippen LogP contribution is 2.17. The van der Waals surface area contributed by atoms with Gasteiger partial charge in [0.2, 0.25) is 17.8 Å². The number of nitrogens with one attached hydrogen (secondary N) is 2. The van der Waals surface area contributed by atoms with Crippen LogP contribution >= 0.6 is 0 Å². The topological polar surface area (TPSA) is 90.5 Å². The van der Waals surface area contributed by atoms with Crippen molar-refractivity contribution in [3.05, 3.63) is 18.0 Å². The van der Waals surface area contributed by atoms with Gasteiger partial charge < -0.3 is 15.5 Å². The zero-order valence-corrected chi connectivity index (χ0v) is 14.7. The van der Waals surface area contributed by atoms with Crippen LogP contribution in [0.3, 0.4) is 0 Å². The summed E-state index contributed by atoms with van der Waals surface area (Å²) >= 11 is 0. The fourth-order valence-corrected chi connectivity index (χ4v) is 3.37. The lowest BCUT2D eigenvalue weighted by molar-refractivity contribution is -0.134. The second-order valence-electron chi connectivity index (χ2n) is 6.59. The number of carbonyl (C=O) groups excluding carboxylic acids is 2. The summed E-state index contributed by atoms with van der Waals surface area (Å²) < 4.78 is 0. The minimum Gasteiger partial charge on any atom is -0.359 e. The second kappa shape index (κ2) is 8.24. The van der Waals surface area contributed by atoms with Crippen molar-refractivity contribution in [2.45, 2.75) is 38.3 Å². The molecule has 3 heterocycles. The monoisotopic (exact) mass is 346 g/mol. The molecule has 2 aliphatic heterocycles. The predicted molar refractivity (Wildman–Crippen MR) is 94.0 cm³/mol. The first-order chi connectivity index (χ1) is 12.2. The van der Waals surface area contributed by atoms with E-state index >= 15 is 0 Å². The highest BCUT2D eigenvalue weighted by molar-refractivity contribution is 5.88. The predicted octanol–water partition coefficient (Wildman–Crippen LogP) is -0.0966. The Morgan fingerprint density at radius 2 is 1.96 bits per heavy atom. The van der Waals surface area contributed by atoms with Gasteiger partial charge in [-0.1, -0.05) is 0 Å². The quantitative estimate of drug-likeness (QED) is 0.774. The van der Waals surface area contributed by atoms with E-state index in [0.717, 1.165) is 24.6 Å². The molecule has 2 amide bonds. The molecule has 1 atom stereocenters. The molecule has 8 nitrogen and oxygen atoms in total. The standard InChI is InChI=1S/C17H26N6O2/c1-18-15(24)9-14-16(25)19-5-8-23(14)12-13-10-20-17(21-11-13)22-6-3-2-4-7-22/h10-11,14H,2-9,12H2,1H3,(H,18,24)(H,19,25)/t14-/m1/s1. The molecule has 0 radical (unpaired) electrons. The van der Waals surface area contributed by atoms with Crippen molar-refractivity contribution in [2.75, 3.05) is 38.1 Å². The maximum atomic E-state index is 12.1. The van der Waals surface area contributed by atoms with Gasteiger partial charge in [0.15, 0.2) is 0 Å². The fraction of sp³-hybridized carbons (Fsp3) is 0.647. The largest absolute Gasteiger partial charge is 0.359 e. The summed E-state index contributed by atoms with van der Waals surface area (Å²) in [5.41, 5.74) is 0.956. The Balaban J connectivity index is 1.64. The molecule has 0 spiro atoms. The van der Waals surface area contributed by atoms with Crippen LogP contribution in [-0.4, -0.2) is 66.0 Å². The number of aromatic nitrogens is 2. The molecule has 2 fully saturated rings. The van der Waals surface area contributed by atoms with Crippen LogP contribution in [0.4, 0.5) is 5.95 Å². The molecule has 1 aromatic heterocycles. The first-order valence-corrected chi connectivity index (χ1v) is 8.95. The van der Waals surface area contributed by atoms with E-state index < -0.39 is 6.04 Å². The molecule has 2 aliphatic rings. The lowest BCUT2D eigenvalue weighted by atomic mass is 10.1. The molecule has 136 valence electrons. The van der Waals surface area contributed by atoms with Crippen molar-refractivity contribution in [3.63, 3.8) is 0 Å². The zero-order chi connectivity index (χ0) is 17.6. The molecule has 25 heavy (non-hydrogen) atoms. The van der Waals surface area contributed by atoms with Crippen molar-refractivity contribution < 1.29 is 9.59 Å². The molecule has 8 heteroatoms. The van der Waals surface area contributed by atoms with E-state index in [0.29, 0.717) is 19.6 Å². The van der Waals surface area contributed by atoms with Gasteiger partial charge in [-0.25, -0.2) is 9.97 Å². The average Bonchev–Trinajstić information content (AvgIpc) is 2.65. The Hall–Kier alpha value is -2.22. The van der Waals surface area contributed by atoms with Crippen LogP contribution in [0.15, 0.2) is 12.4 Å². The second-order valence-corrected chi connectivity index (χ2v) is 6.59. The number of anilines is 1. The first kappa shape index (κ1) is 17.6. The molecule has 0 unspecified atom stereocenters. The van der Waals surface area contributed by atoms with Gasteiger partial charge in [0.1, 0.15) is 0 Å². The molecule has 0 bridgehead atoms. The maximum absolute atomic E-state index is 12.1. The molecule has 0 saturated carbocycles. The van der Waals surface area contributed by atoms with Crippen LogP contribution in [0.25, 0.3) is 0 Å². The number of hydrogen-bond donors (Lipinski definition) is 2. The number of amides is 2. The lowest BCUT2D eigenvalue weighted by Gasteiger charge is -2.34. The van der Waals surface area contributed by atoms with Gasteiger partial charge >= 0.3 is 0 Å². The maximum Gasteiger partial charge on any atom is 0.237 e. The normalized spacial score (nSPS) is 21.7. The molecule has 0 aromatic carbocycles. The highest BCUT2D eigenvalue weighted by Gasteiger charge is 2.31. The Morgan fingerprint density at radius 1 is 1.24 bits per heavy atom. The molecule has 2 saturated heterocycles. The van der Waals surface area contributed by atoms with Crippen LogP contribution in [0.2, 0.25) is 0 Å². The highest BCUT2D eigenvalue weighted by atomic mass is 16.2. The minimum atomic E-state index is -0.449. The smallest absolute Gasteiger partial charge is 0.237 e. The Morgan fingerprint density at radius 3 is 2.64 bits per heavy atom. The van der Waals surface area contributed by atoms with Crippen molar-refractivity contribution in [2.24, 2.45) is 0 Å². The van der Waals surface area contributed by atoms with Gasteiger partial charge in [0, 0.05) is 57.7 Å². The van der Waals surface area contributed by atoms with Crippen LogP contribution in [-0.2, 0) is 16.1 Å². The Labute approximate surface area is 148 Å². The third-order valence-corrected chi connectivity index (χ3v) is 4.82. The summed E-state index contributed by atoms with van der Waals surface area (Å²) in [5.74, 6) is 0.547. The Kier molecular flexibility index (Phi) is 5.80. The fourth-order valence-electron chi connectivity index (χ4n) is 3.37. The zero-order valence-electron chi connectivity index (χ0n) is 14.7.